The third-order valence-electron chi connectivity index (χ3n) is 6.22. The Morgan fingerprint density at radius 1 is 1.03 bits per heavy atom. The fraction of sp³-hybridized carbons (Fsp3) is 0.167. The topological polar surface area (TPSA) is 59.6 Å². The van der Waals surface area contributed by atoms with Gasteiger partial charge < -0.3 is 20.1 Å². The highest BCUT2D eigenvalue weighted by atomic mass is 79.9. The number of hydrogen-bond acceptors (Lipinski definition) is 5. The molecule has 0 aromatic heterocycles. The Morgan fingerprint density at radius 2 is 1.81 bits per heavy atom. The molecule has 1 heterocycles. The van der Waals surface area contributed by atoms with Crippen LogP contribution in [-0.4, -0.2) is 18.5 Å². The molecule has 4 aromatic rings. The molecule has 2 N–H and O–H groups in total. The maximum Gasteiger partial charge on any atom is 0.260 e. The number of methoxy groups -OCH3 is 1. The molecule has 5 rings (SSSR count). The lowest BCUT2D eigenvalue weighted by Crippen LogP contribution is -2.30. The molecule has 1 fully saturated rings. The van der Waals surface area contributed by atoms with E-state index >= 15 is 0 Å². The first-order valence-electron chi connectivity index (χ1n) is 12.1. The summed E-state index contributed by atoms with van der Waals surface area (Å²) in [6.45, 7) is 2.54. The van der Waals surface area contributed by atoms with E-state index in [1.54, 1.807) is 7.11 Å². The number of nitrogens with one attached hydrogen (secondary N) is 2. The minimum absolute atomic E-state index is 0.116. The molecular weight excluding hydrogens is 548 g/mol. The quantitative estimate of drug-likeness (QED) is 0.215. The molecule has 1 aliphatic heterocycles. The maximum absolute atomic E-state index is 12.7. The zero-order valence-electron chi connectivity index (χ0n) is 20.6. The summed E-state index contributed by atoms with van der Waals surface area (Å²) in [6, 6.07) is 26.5. The van der Waals surface area contributed by atoms with E-state index in [0.29, 0.717) is 23.0 Å². The van der Waals surface area contributed by atoms with E-state index in [4.69, 9.17) is 9.47 Å². The number of hydrogen-bond donors (Lipinski definition) is 2. The third-order valence-corrected chi connectivity index (χ3v) is 7.94. The first kappa shape index (κ1) is 25.2. The SMILES string of the molecule is CCc1ccc(N[C@H]2NC(=O)/C(=C/c3cc(OC)c(OCc4cccc5ccccc45)cc3Br)S2)cc1. The Kier molecular flexibility index (Phi) is 7.72. The van der Waals surface area contributed by atoms with E-state index in [2.05, 4.69) is 69.9 Å². The molecule has 37 heavy (non-hydrogen) atoms. The smallest absolute Gasteiger partial charge is 0.260 e. The molecule has 1 amide bonds. The normalized spacial score (nSPS) is 16.1. The number of aryl methyl sites for hydroxylation is 1. The summed E-state index contributed by atoms with van der Waals surface area (Å²) in [4.78, 5) is 13.3. The van der Waals surface area contributed by atoms with Crippen molar-refractivity contribution in [1.82, 2.24) is 5.32 Å². The first-order chi connectivity index (χ1) is 18.0. The predicted octanol–water partition coefficient (Wildman–Crippen LogP) is 7.35. The zero-order chi connectivity index (χ0) is 25.8. The van der Waals surface area contributed by atoms with Crippen molar-refractivity contribution in [3.8, 4) is 11.5 Å². The van der Waals surface area contributed by atoms with Crippen LogP contribution in [0.3, 0.4) is 0 Å². The van der Waals surface area contributed by atoms with Crippen LogP contribution in [0.2, 0.25) is 0 Å². The molecule has 0 radical (unpaired) electrons. The summed E-state index contributed by atoms with van der Waals surface area (Å²) < 4.78 is 12.6. The molecule has 188 valence electrons. The van der Waals surface area contributed by atoms with Crippen molar-refractivity contribution < 1.29 is 14.3 Å². The number of amides is 1. The number of benzene rings is 4. The van der Waals surface area contributed by atoms with Crippen LogP contribution in [0.1, 0.15) is 23.6 Å². The van der Waals surface area contributed by atoms with Crippen molar-refractivity contribution in [3.63, 3.8) is 0 Å². The van der Waals surface area contributed by atoms with Gasteiger partial charge in [-0.05, 0) is 64.2 Å². The average Bonchev–Trinajstić information content (AvgIpc) is 3.27. The van der Waals surface area contributed by atoms with Crippen molar-refractivity contribution >= 4 is 56.1 Å². The minimum atomic E-state index is -0.241. The van der Waals surface area contributed by atoms with E-state index in [-0.39, 0.29) is 11.4 Å². The maximum atomic E-state index is 12.7. The van der Waals surface area contributed by atoms with Crippen LogP contribution in [0, 0.1) is 0 Å². The fourth-order valence-corrected chi connectivity index (χ4v) is 5.61. The van der Waals surface area contributed by atoms with Crippen molar-refractivity contribution in [2.75, 3.05) is 12.4 Å². The van der Waals surface area contributed by atoms with Crippen LogP contribution in [-0.2, 0) is 17.8 Å². The van der Waals surface area contributed by atoms with Gasteiger partial charge in [0.2, 0.25) is 0 Å². The highest BCUT2D eigenvalue weighted by molar-refractivity contribution is 9.10. The molecule has 1 atom stereocenters. The van der Waals surface area contributed by atoms with Gasteiger partial charge >= 0.3 is 0 Å². The molecule has 0 unspecified atom stereocenters. The number of rotatable bonds is 8. The van der Waals surface area contributed by atoms with Crippen molar-refractivity contribution in [2.45, 2.75) is 25.4 Å². The van der Waals surface area contributed by atoms with Gasteiger partial charge in [-0.2, -0.15) is 0 Å². The first-order valence-corrected chi connectivity index (χ1v) is 13.7. The largest absolute Gasteiger partial charge is 0.493 e. The molecule has 4 aromatic carbocycles. The van der Waals surface area contributed by atoms with Crippen molar-refractivity contribution in [1.29, 1.82) is 0 Å². The minimum Gasteiger partial charge on any atom is -0.493 e. The van der Waals surface area contributed by atoms with E-state index in [1.165, 1.54) is 22.7 Å². The molecular formula is C30H27BrN2O3S. The van der Waals surface area contributed by atoms with Gasteiger partial charge in [0.05, 0.1) is 12.0 Å². The summed E-state index contributed by atoms with van der Waals surface area (Å²) in [5.41, 5.74) is 3.93. The van der Waals surface area contributed by atoms with Crippen LogP contribution in [0.15, 0.2) is 88.2 Å². The molecule has 1 aliphatic rings. The number of ether oxygens (including phenoxy) is 2. The van der Waals surface area contributed by atoms with Gasteiger partial charge in [-0.3, -0.25) is 4.79 Å². The number of halogens is 1. The molecule has 7 heteroatoms. The fourth-order valence-electron chi connectivity index (χ4n) is 4.20. The Labute approximate surface area is 229 Å². The summed E-state index contributed by atoms with van der Waals surface area (Å²) in [6.07, 6.45) is 2.86. The van der Waals surface area contributed by atoms with E-state index in [1.807, 2.05) is 48.5 Å². The Balaban J connectivity index is 1.31. The lowest BCUT2D eigenvalue weighted by atomic mass is 10.1. The second kappa shape index (κ2) is 11.3. The van der Waals surface area contributed by atoms with Crippen LogP contribution < -0.4 is 20.1 Å². The number of carbonyl (C=O) groups is 1. The zero-order valence-corrected chi connectivity index (χ0v) is 23.0. The molecule has 5 nitrogen and oxygen atoms in total. The Bertz CT molecular complexity index is 1460. The van der Waals surface area contributed by atoms with Gasteiger partial charge in [0.25, 0.3) is 5.91 Å². The van der Waals surface area contributed by atoms with Gasteiger partial charge in [-0.1, -0.05) is 89.2 Å². The highest BCUT2D eigenvalue weighted by Crippen LogP contribution is 2.38. The summed E-state index contributed by atoms with van der Waals surface area (Å²) in [5.74, 6) is 1.11. The Morgan fingerprint density at radius 3 is 2.59 bits per heavy atom. The number of thioether (sulfide) groups is 1. The number of fused-ring (bicyclic) bond motifs is 1. The lowest BCUT2D eigenvalue weighted by molar-refractivity contribution is -0.116. The van der Waals surface area contributed by atoms with E-state index in [0.717, 1.165) is 33.1 Å². The highest BCUT2D eigenvalue weighted by Gasteiger charge is 2.27. The van der Waals surface area contributed by atoms with Crippen LogP contribution in [0.25, 0.3) is 16.8 Å². The molecule has 0 saturated carbocycles. The van der Waals surface area contributed by atoms with Crippen LogP contribution in [0.5, 0.6) is 11.5 Å². The lowest BCUT2D eigenvalue weighted by Gasteiger charge is -2.14. The third kappa shape index (κ3) is 5.78. The van der Waals surface area contributed by atoms with Gasteiger partial charge in [0, 0.05) is 10.2 Å². The molecule has 0 spiro atoms. The van der Waals surface area contributed by atoms with Gasteiger partial charge in [0.1, 0.15) is 6.61 Å². The van der Waals surface area contributed by atoms with E-state index < -0.39 is 0 Å². The molecule has 1 saturated heterocycles. The van der Waals surface area contributed by atoms with Gasteiger partial charge in [0.15, 0.2) is 17.0 Å². The number of anilines is 1. The van der Waals surface area contributed by atoms with E-state index in [9.17, 15) is 4.79 Å². The molecule has 0 bridgehead atoms. The predicted molar refractivity (Wildman–Crippen MR) is 156 cm³/mol. The number of carbonyl (C=O) groups excluding carboxylic acids is 1. The second-order valence-corrected chi connectivity index (χ2v) is 10.6. The van der Waals surface area contributed by atoms with Gasteiger partial charge in [-0.15, -0.1) is 0 Å². The second-order valence-electron chi connectivity index (χ2n) is 8.63. The monoisotopic (exact) mass is 574 g/mol. The van der Waals surface area contributed by atoms with Gasteiger partial charge in [-0.25, -0.2) is 0 Å². The van der Waals surface area contributed by atoms with Crippen molar-refractivity contribution in [3.05, 3.63) is 105 Å². The average molecular weight is 576 g/mol. The van der Waals surface area contributed by atoms with Crippen molar-refractivity contribution in [2.24, 2.45) is 0 Å². The van der Waals surface area contributed by atoms with Crippen LogP contribution in [0.4, 0.5) is 5.69 Å². The Hall–Kier alpha value is -3.42. The summed E-state index contributed by atoms with van der Waals surface area (Å²) in [7, 11) is 1.62. The summed E-state index contributed by atoms with van der Waals surface area (Å²) in [5, 5.41) is 8.69. The molecule has 0 aliphatic carbocycles. The van der Waals surface area contributed by atoms with Crippen LogP contribution >= 0.6 is 27.7 Å². The summed E-state index contributed by atoms with van der Waals surface area (Å²) >= 11 is 5.10. The standard InChI is InChI=1S/C30H27BrN2O3S/c1-3-19-11-13-23(14-12-19)32-30-33-29(34)28(37-30)16-22-15-26(35-2)27(17-25(22)31)36-18-21-9-6-8-20-7-4-5-10-24(20)21/h4-17,30,32H,3,18H2,1-2H3,(H,33,34)/b28-16-/t30-/m0/s1.